The zero-order chi connectivity index (χ0) is 13.8. The van der Waals surface area contributed by atoms with Crippen LogP contribution in [0, 0.1) is 0 Å². The Balaban J connectivity index is 2.56. The van der Waals surface area contributed by atoms with Crippen molar-refractivity contribution in [1.82, 2.24) is 0 Å². The van der Waals surface area contributed by atoms with Gasteiger partial charge in [-0.25, -0.2) is 0 Å². The van der Waals surface area contributed by atoms with Crippen LogP contribution in [0.3, 0.4) is 0 Å². The van der Waals surface area contributed by atoms with Crippen LogP contribution in [0.5, 0.6) is 5.75 Å². The summed E-state index contributed by atoms with van der Waals surface area (Å²) in [7, 11) is 0. The van der Waals surface area contributed by atoms with E-state index in [0.717, 1.165) is 11.4 Å². The molecule has 1 amide bonds. The summed E-state index contributed by atoms with van der Waals surface area (Å²) in [6, 6.07) is 7.31. The Labute approximate surface area is 109 Å². The van der Waals surface area contributed by atoms with Crippen molar-refractivity contribution in [3.63, 3.8) is 0 Å². The summed E-state index contributed by atoms with van der Waals surface area (Å²) >= 11 is 0. The van der Waals surface area contributed by atoms with E-state index in [1.54, 1.807) is 0 Å². The van der Waals surface area contributed by atoms with Crippen LogP contribution in [0.4, 0.5) is 5.69 Å². The molecule has 1 aromatic carbocycles. The Morgan fingerprint density at radius 3 is 2.33 bits per heavy atom. The van der Waals surface area contributed by atoms with Gasteiger partial charge in [-0.3, -0.25) is 4.79 Å². The first-order valence-corrected chi connectivity index (χ1v) is 6.12. The molecule has 0 unspecified atom stereocenters. The maximum Gasteiger partial charge on any atom is 0.226 e. The number of hydrogen-bond acceptors (Lipinski definition) is 3. The average Bonchev–Trinajstić information content (AvgIpc) is 2.17. The first-order chi connectivity index (χ1) is 8.26. The molecule has 18 heavy (non-hydrogen) atoms. The smallest absolute Gasteiger partial charge is 0.226 e. The van der Waals surface area contributed by atoms with Gasteiger partial charge in [0.25, 0.3) is 0 Å². The molecule has 100 valence electrons. The normalized spacial score (nSPS) is 11.4. The van der Waals surface area contributed by atoms with Gasteiger partial charge in [0.05, 0.1) is 6.10 Å². The van der Waals surface area contributed by atoms with Crippen LogP contribution >= 0.6 is 0 Å². The van der Waals surface area contributed by atoms with E-state index in [9.17, 15) is 4.79 Å². The van der Waals surface area contributed by atoms with Crippen LogP contribution in [0.1, 0.15) is 34.1 Å². The maximum absolute atomic E-state index is 11.7. The summed E-state index contributed by atoms with van der Waals surface area (Å²) < 4.78 is 5.52. The first-order valence-electron chi connectivity index (χ1n) is 6.12. The third kappa shape index (κ3) is 5.68. The van der Waals surface area contributed by atoms with E-state index >= 15 is 0 Å². The van der Waals surface area contributed by atoms with Crippen LogP contribution in [0.2, 0.25) is 0 Å². The molecular formula is C14H22N2O2. The molecule has 0 aliphatic rings. The Morgan fingerprint density at radius 2 is 1.89 bits per heavy atom. The molecule has 3 N–H and O–H groups in total. The van der Waals surface area contributed by atoms with Gasteiger partial charge in [0.15, 0.2) is 0 Å². The highest BCUT2D eigenvalue weighted by Crippen LogP contribution is 2.17. The van der Waals surface area contributed by atoms with E-state index in [1.807, 2.05) is 52.0 Å². The van der Waals surface area contributed by atoms with Crippen molar-refractivity contribution in [3.05, 3.63) is 24.3 Å². The lowest BCUT2D eigenvalue weighted by atomic mass is 10.0. The molecular weight excluding hydrogens is 228 g/mol. The van der Waals surface area contributed by atoms with Crippen molar-refractivity contribution >= 4 is 11.6 Å². The van der Waals surface area contributed by atoms with E-state index in [1.165, 1.54) is 0 Å². The van der Waals surface area contributed by atoms with Crippen LogP contribution < -0.4 is 15.8 Å². The van der Waals surface area contributed by atoms with Gasteiger partial charge in [-0.2, -0.15) is 0 Å². The van der Waals surface area contributed by atoms with E-state index < -0.39 is 5.54 Å². The number of anilines is 1. The van der Waals surface area contributed by atoms with Gasteiger partial charge in [0, 0.05) is 17.6 Å². The summed E-state index contributed by atoms with van der Waals surface area (Å²) in [5.74, 6) is 0.710. The Kier molecular flexibility index (Phi) is 4.73. The molecule has 1 aromatic rings. The number of hydrogen-bond donors (Lipinski definition) is 2. The van der Waals surface area contributed by atoms with Crippen molar-refractivity contribution in [2.75, 3.05) is 5.32 Å². The van der Waals surface area contributed by atoms with E-state index in [-0.39, 0.29) is 18.4 Å². The van der Waals surface area contributed by atoms with Gasteiger partial charge in [0.2, 0.25) is 5.91 Å². The standard InChI is InChI=1S/C14H22N2O2/c1-10(2)18-12-7-5-11(6-8-12)16-13(17)9-14(3,4)15/h5-8,10H,9,15H2,1-4H3,(H,16,17). The minimum Gasteiger partial charge on any atom is -0.491 e. The van der Waals surface area contributed by atoms with E-state index in [2.05, 4.69) is 5.32 Å². The fourth-order valence-corrected chi connectivity index (χ4v) is 1.51. The van der Waals surface area contributed by atoms with E-state index in [4.69, 9.17) is 10.5 Å². The molecule has 0 saturated carbocycles. The van der Waals surface area contributed by atoms with Crippen molar-refractivity contribution in [1.29, 1.82) is 0 Å². The van der Waals surface area contributed by atoms with Gasteiger partial charge in [-0.15, -0.1) is 0 Å². The highest BCUT2D eigenvalue weighted by atomic mass is 16.5. The fraction of sp³-hybridized carbons (Fsp3) is 0.500. The summed E-state index contributed by atoms with van der Waals surface area (Å²) in [5.41, 5.74) is 6.04. The first kappa shape index (κ1) is 14.5. The minimum atomic E-state index is -0.495. The minimum absolute atomic E-state index is 0.0833. The highest BCUT2D eigenvalue weighted by Gasteiger charge is 2.16. The molecule has 0 saturated heterocycles. The lowest BCUT2D eigenvalue weighted by molar-refractivity contribution is -0.117. The van der Waals surface area contributed by atoms with Gasteiger partial charge < -0.3 is 15.8 Å². The highest BCUT2D eigenvalue weighted by molar-refractivity contribution is 5.91. The van der Waals surface area contributed by atoms with E-state index in [0.29, 0.717) is 0 Å². The third-order valence-corrected chi connectivity index (χ3v) is 2.13. The zero-order valence-corrected chi connectivity index (χ0v) is 11.5. The number of amides is 1. The molecule has 0 heterocycles. The molecule has 0 atom stereocenters. The SMILES string of the molecule is CC(C)Oc1ccc(NC(=O)CC(C)(C)N)cc1. The topological polar surface area (TPSA) is 64.3 Å². The lowest BCUT2D eigenvalue weighted by Crippen LogP contribution is -2.36. The number of rotatable bonds is 5. The third-order valence-electron chi connectivity index (χ3n) is 2.13. The number of nitrogens with one attached hydrogen (secondary N) is 1. The predicted octanol–water partition coefficient (Wildman–Crippen LogP) is 2.54. The van der Waals surface area contributed by atoms with Gasteiger partial charge in [-0.05, 0) is 52.0 Å². The molecule has 0 aromatic heterocycles. The summed E-state index contributed by atoms with van der Waals surface area (Å²) in [6.45, 7) is 7.59. The van der Waals surface area contributed by atoms with Crippen LogP contribution in [-0.4, -0.2) is 17.6 Å². The Morgan fingerprint density at radius 1 is 1.33 bits per heavy atom. The largest absolute Gasteiger partial charge is 0.491 e. The molecule has 1 rings (SSSR count). The fourth-order valence-electron chi connectivity index (χ4n) is 1.51. The Hall–Kier alpha value is -1.55. The molecule has 0 spiro atoms. The summed E-state index contributed by atoms with van der Waals surface area (Å²) in [6.07, 6.45) is 0.431. The average molecular weight is 250 g/mol. The van der Waals surface area contributed by atoms with Crippen molar-refractivity contribution in [3.8, 4) is 5.75 Å². The second kappa shape index (κ2) is 5.87. The maximum atomic E-state index is 11.7. The number of carbonyl (C=O) groups is 1. The molecule has 0 bridgehead atoms. The number of ether oxygens (including phenoxy) is 1. The Bertz CT molecular complexity index is 391. The lowest BCUT2D eigenvalue weighted by Gasteiger charge is -2.17. The van der Waals surface area contributed by atoms with Crippen molar-refractivity contribution in [2.24, 2.45) is 5.73 Å². The number of nitrogens with two attached hydrogens (primary N) is 1. The second-order valence-corrected chi connectivity index (χ2v) is 5.40. The van der Waals surface area contributed by atoms with Gasteiger partial charge in [0.1, 0.15) is 5.75 Å². The second-order valence-electron chi connectivity index (χ2n) is 5.40. The van der Waals surface area contributed by atoms with Crippen LogP contribution in [0.25, 0.3) is 0 Å². The van der Waals surface area contributed by atoms with Crippen LogP contribution in [0.15, 0.2) is 24.3 Å². The molecule has 0 fully saturated rings. The molecule has 4 heteroatoms. The predicted molar refractivity (Wildman–Crippen MR) is 73.7 cm³/mol. The molecule has 0 radical (unpaired) electrons. The van der Waals surface area contributed by atoms with Gasteiger partial charge >= 0.3 is 0 Å². The molecule has 0 aliphatic heterocycles. The van der Waals surface area contributed by atoms with Crippen LogP contribution in [-0.2, 0) is 4.79 Å². The summed E-state index contributed by atoms with van der Waals surface area (Å²) in [5, 5.41) is 2.80. The molecule has 4 nitrogen and oxygen atoms in total. The quantitative estimate of drug-likeness (QED) is 0.844. The number of carbonyl (C=O) groups excluding carboxylic acids is 1. The van der Waals surface area contributed by atoms with Crippen molar-refractivity contribution < 1.29 is 9.53 Å². The number of benzene rings is 1. The van der Waals surface area contributed by atoms with Gasteiger partial charge in [-0.1, -0.05) is 0 Å². The molecule has 0 aliphatic carbocycles. The van der Waals surface area contributed by atoms with Crippen molar-refractivity contribution in [2.45, 2.75) is 45.8 Å². The zero-order valence-electron chi connectivity index (χ0n) is 11.5. The monoisotopic (exact) mass is 250 g/mol. The summed E-state index contributed by atoms with van der Waals surface area (Å²) in [4.78, 5) is 11.7.